The van der Waals surface area contributed by atoms with Crippen molar-refractivity contribution in [2.24, 2.45) is 7.05 Å². The smallest absolute Gasteiger partial charge is 0.268 e. The van der Waals surface area contributed by atoms with Crippen LogP contribution in [-0.4, -0.2) is 52.8 Å². The van der Waals surface area contributed by atoms with Crippen molar-refractivity contribution in [2.45, 2.75) is 6.92 Å². The molecule has 0 aliphatic heterocycles. The number of nitrogens with one attached hydrogen (secondary N) is 2. The van der Waals surface area contributed by atoms with Gasteiger partial charge in [-0.05, 0) is 44.3 Å². The van der Waals surface area contributed by atoms with Gasteiger partial charge in [0.25, 0.3) is 5.91 Å². The third-order valence-electron chi connectivity index (χ3n) is 4.66. The molecule has 3 aromatic rings. The van der Waals surface area contributed by atoms with Crippen LogP contribution < -0.4 is 5.32 Å². The maximum atomic E-state index is 12.8. The van der Waals surface area contributed by atoms with E-state index in [9.17, 15) is 4.79 Å². The highest BCUT2D eigenvalue weighted by molar-refractivity contribution is 5.99. The number of aromatic nitrogens is 3. The second-order valence-corrected chi connectivity index (χ2v) is 7.07. The van der Waals surface area contributed by atoms with Gasteiger partial charge in [-0.3, -0.25) is 9.89 Å². The van der Waals surface area contributed by atoms with E-state index >= 15 is 0 Å². The number of carbonyl (C=O) groups is 1. The van der Waals surface area contributed by atoms with E-state index in [2.05, 4.69) is 32.6 Å². The third kappa shape index (κ3) is 4.40. The molecule has 3 rings (SSSR count). The Morgan fingerprint density at radius 3 is 2.79 bits per heavy atom. The minimum atomic E-state index is -0.0798. The summed E-state index contributed by atoms with van der Waals surface area (Å²) in [6.07, 6.45) is 9.80. The van der Waals surface area contributed by atoms with E-state index in [1.807, 2.05) is 69.2 Å². The Kier molecular flexibility index (Phi) is 6.11. The van der Waals surface area contributed by atoms with Crippen molar-refractivity contribution >= 4 is 16.8 Å². The number of H-pyrrole nitrogens is 1. The van der Waals surface area contributed by atoms with E-state index in [4.69, 9.17) is 0 Å². The topological polar surface area (TPSA) is 66.0 Å². The molecule has 0 atom stereocenters. The summed E-state index contributed by atoms with van der Waals surface area (Å²) in [7, 11) is 5.97. The van der Waals surface area contributed by atoms with Gasteiger partial charge in [-0.15, -0.1) is 0 Å². The quantitative estimate of drug-likeness (QED) is 0.621. The minimum Gasteiger partial charge on any atom is -0.347 e. The Bertz CT molecular complexity index is 1010. The third-order valence-corrected chi connectivity index (χ3v) is 4.66. The van der Waals surface area contributed by atoms with E-state index < -0.39 is 0 Å². The Balaban J connectivity index is 1.80. The summed E-state index contributed by atoms with van der Waals surface area (Å²) in [6.45, 7) is 3.31. The van der Waals surface area contributed by atoms with Gasteiger partial charge in [0.1, 0.15) is 5.69 Å². The van der Waals surface area contributed by atoms with Crippen molar-refractivity contribution in [3.05, 3.63) is 66.2 Å². The lowest BCUT2D eigenvalue weighted by Gasteiger charge is -2.10. The molecule has 0 saturated heterocycles. The molecule has 0 aliphatic rings. The number of benzene rings is 1. The molecule has 0 unspecified atom stereocenters. The summed E-state index contributed by atoms with van der Waals surface area (Å²) in [4.78, 5) is 14.9. The monoisotopic (exact) mass is 377 g/mol. The molecule has 1 amide bonds. The maximum Gasteiger partial charge on any atom is 0.268 e. The molecule has 28 heavy (non-hydrogen) atoms. The minimum absolute atomic E-state index is 0.0798. The lowest BCUT2D eigenvalue weighted by Crippen LogP contribution is -2.27. The highest BCUT2D eigenvalue weighted by atomic mass is 16.1. The lowest BCUT2D eigenvalue weighted by atomic mass is 10.1. The Labute approximate surface area is 165 Å². The van der Waals surface area contributed by atoms with Gasteiger partial charge in [-0.2, -0.15) is 5.10 Å². The summed E-state index contributed by atoms with van der Waals surface area (Å²) in [6, 6.07) is 8.10. The van der Waals surface area contributed by atoms with Crippen LogP contribution in [-0.2, 0) is 7.05 Å². The van der Waals surface area contributed by atoms with Crippen molar-refractivity contribution in [3.63, 3.8) is 0 Å². The van der Waals surface area contributed by atoms with E-state index in [1.54, 1.807) is 6.20 Å². The van der Waals surface area contributed by atoms with Crippen LogP contribution in [0.4, 0.5) is 0 Å². The lowest BCUT2D eigenvalue weighted by molar-refractivity contribution is 0.0949. The number of allylic oxidation sites excluding steroid dienone is 1. The second kappa shape index (κ2) is 8.71. The van der Waals surface area contributed by atoms with Crippen molar-refractivity contribution in [2.75, 3.05) is 27.2 Å². The van der Waals surface area contributed by atoms with Gasteiger partial charge in [0.05, 0.1) is 6.20 Å². The van der Waals surface area contributed by atoms with Crippen LogP contribution in [0, 0.1) is 0 Å². The summed E-state index contributed by atoms with van der Waals surface area (Å²) < 4.78 is 1.94. The van der Waals surface area contributed by atoms with Crippen molar-refractivity contribution in [1.29, 1.82) is 0 Å². The van der Waals surface area contributed by atoms with Gasteiger partial charge in [-0.1, -0.05) is 30.4 Å². The molecule has 0 radical (unpaired) electrons. The average molecular weight is 377 g/mol. The first-order valence-electron chi connectivity index (χ1n) is 9.33. The molecule has 6 heteroatoms. The van der Waals surface area contributed by atoms with Crippen LogP contribution in [0.25, 0.3) is 22.0 Å². The number of fused-ring (bicyclic) bond motifs is 1. The number of amides is 1. The van der Waals surface area contributed by atoms with Crippen LogP contribution in [0.5, 0.6) is 0 Å². The summed E-state index contributed by atoms with van der Waals surface area (Å²) >= 11 is 0. The van der Waals surface area contributed by atoms with Crippen molar-refractivity contribution in [1.82, 2.24) is 25.0 Å². The van der Waals surface area contributed by atoms with E-state index in [1.165, 1.54) is 0 Å². The van der Waals surface area contributed by atoms with Crippen molar-refractivity contribution in [3.8, 4) is 11.1 Å². The Morgan fingerprint density at radius 2 is 2.11 bits per heavy atom. The van der Waals surface area contributed by atoms with Gasteiger partial charge in [0.15, 0.2) is 0 Å². The fourth-order valence-corrected chi connectivity index (χ4v) is 3.12. The van der Waals surface area contributed by atoms with Crippen LogP contribution in [0.3, 0.4) is 0 Å². The molecule has 6 nitrogen and oxygen atoms in total. The number of aryl methyl sites for hydroxylation is 1. The summed E-state index contributed by atoms with van der Waals surface area (Å²) in [5.74, 6) is -0.0798. The van der Waals surface area contributed by atoms with Crippen LogP contribution in [0.2, 0.25) is 0 Å². The van der Waals surface area contributed by atoms with Gasteiger partial charge >= 0.3 is 0 Å². The number of likely N-dealkylation sites (N-methyl/N-ethyl adjacent to an activating group) is 1. The standard InChI is InChI=1S/C22H27N5O/c1-5-6-16(9-10-26(2)3)13-23-22(28)21-12-18-8-7-17(11-20(18)27(21)4)19-14-24-25-15-19/h5-9,11-12,14-15H,10,13H2,1-4H3,(H,23,28)(H,24,25)/b6-5-,16-9+. The zero-order valence-corrected chi connectivity index (χ0v) is 16.9. The molecule has 0 spiro atoms. The maximum absolute atomic E-state index is 12.8. The molecule has 1 aromatic carbocycles. The highest BCUT2D eigenvalue weighted by Gasteiger charge is 2.14. The van der Waals surface area contributed by atoms with Gasteiger partial charge in [0, 0.05) is 42.8 Å². The fourth-order valence-electron chi connectivity index (χ4n) is 3.12. The number of hydrogen-bond donors (Lipinski definition) is 2. The molecule has 2 N–H and O–H groups in total. The van der Waals surface area contributed by atoms with E-state index in [0.29, 0.717) is 12.2 Å². The van der Waals surface area contributed by atoms with Gasteiger partial charge < -0.3 is 14.8 Å². The molecule has 0 saturated carbocycles. The van der Waals surface area contributed by atoms with Crippen LogP contribution >= 0.6 is 0 Å². The molecule has 2 heterocycles. The number of nitrogens with zero attached hydrogens (tertiary/aromatic N) is 3. The van der Waals surface area contributed by atoms with Crippen LogP contribution in [0.1, 0.15) is 17.4 Å². The van der Waals surface area contributed by atoms with Gasteiger partial charge in [0.2, 0.25) is 0 Å². The molecule has 0 aliphatic carbocycles. The summed E-state index contributed by atoms with van der Waals surface area (Å²) in [5.41, 5.74) is 4.84. The zero-order chi connectivity index (χ0) is 20.1. The normalized spacial score (nSPS) is 12.4. The SMILES string of the molecule is C/C=C\C(=C/CN(C)C)CNC(=O)c1cc2ccc(-c3cn[nH]c3)cc2n1C. The predicted octanol–water partition coefficient (Wildman–Crippen LogP) is 3.36. The Morgan fingerprint density at radius 1 is 1.29 bits per heavy atom. The zero-order valence-electron chi connectivity index (χ0n) is 16.9. The number of rotatable bonds is 7. The Hall–Kier alpha value is -3.12. The van der Waals surface area contributed by atoms with E-state index in [-0.39, 0.29) is 5.91 Å². The fraction of sp³-hybridized carbons (Fsp3) is 0.273. The molecule has 0 bridgehead atoms. The van der Waals surface area contributed by atoms with E-state index in [0.717, 1.165) is 34.1 Å². The van der Waals surface area contributed by atoms with Crippen molar-refractivity contribution < 1.29 is 4.79 Å². The highest BCUT2D eigenvalue weighted by Crippen LogP contribution is 2.25. The molecule has 0 fully saturated rings. The molecular formula is C22H27N5O. The largest absolute Gasteiger partial charge is 0.347 e. The molecular weight excluding hydrogens is 350 g/mol. The van der Waals surface area contributed by atoms with Crippen LogP contribution in [0.15, 0.2) is 60.5 Å². The van der Waals surface area contributed by atoms with Gasteiger partial charge in [-0.25, -0.2) is 0 Å². The molecule has 2 aromatic heterocycles. The number of aromatic amines is 1. The second-order valence-electron chi connectivity index (χ2n) is 7.07. The number of hydrogen-bond acceptors (Lipinski definition) is 3. The number of carbonyl (C=O) groups excluding carboxylic acids is 1. The predicted molar refractivity (Wildman–Crippen MR) is 114 cm³/mol. The first kappa shape index (κ1) is 19.6. The average Bonchev–Trinajstić information content (AvgIpc) is 3.32. The molecule has 146 valence electrons. The first-order chi connectivity index (χ1) is 13.5. The first-order valence-corrected chi connectivity index (χ1v) is 9.33. The summed E-state index contributed by atoms with van der Waals surface area (Å²) in [5, 5.41) is 10.9.